The predicted octanol–water partition coefficient (Wildman–Crippen LogP) is 2.81. The van der Waals surface area contributed by atoms with Gasteiger partial charge in [0.05, 0.1) is 19.3 Å². The molecular weight excluding hydrogens is 228 g/mol. The molecule has 0 aromatic heterocycles. The number of aliphatic hydroxyl groups is 1. The maximum atomic E-state index is 10.1. The van der Waals surface area contributed by atoms with Crippen molar-refractivity contribution in [3.8, 4) is 11.5 Å². The fourth-order valence-corrected chi connectivity index (χ4v) is 2.88. The van der Waals surface area contributed by atoms with Crippen LogP contribution >= 0.6 is 0 Å². The first-order valence-corrected chi connectivity index (χ1v) is 6.59. The number of ether oxygens (including phenoxy) is 2. The highest BCUT2D eigenvalue weighted by molar-refractivity contribution is 5.53. The third-order valence-corrected chi connectivity index (χ3v) is 3.95. The molecule has 1 N–H and O–H groups in total. The van der Waals surface area contributed by atoms with Crippen molar-refractivity contribution in [2.24, 2.45) is 5.92 Å². The van der Waals surface area contributed by atoms with Crippen molar-refractivity contribution in [2.75, 3.05) is 13.2 Å². The lowest BCUT2D eigenvalue weighted by atomic mass is 9.86. The van der Waals surface area contributed by atoms with Gasteiger partial charge in [0, 0.05) is 5.92 Å². The first-order chi connectivity index (χ1) is 8.47. The van der Waals surface area contributed by atoms with Crippen LogP contribution in [0.25, 0.3) is 0 Å². The Morgan fingerprint density at radius 3 is 2.44 bits per heavy atom. The van der Waals surface area contributed by atoms with Gasteiger partial charge in [-0.2, -0.15) is 0 Å². The van der Waals surface area contributed by atoms with Gasteiger partial charge in [-0.3, -0.25) is 0 Å². The highest BCUT2D eigenvalue weighted by Gasteiger charge is 2.37. The van der Waals surface area contributed by atoms with Crippen molar-refractivity contribution < 1.29 is 14.6 Å². The van der Waals surface area contributed by atoms with Crippen LogP contribution < -0.4 is 9.47 Å². The van der Waals surface area contributed by atoms with E-state index in [0.717, 1.165) is 23.5 Å². The fraction of sp³-hybridized carbons (Fsp3) is 0.600. The van der Waals surface area contributed by atoms with E-state index in [-0.39, 0.29) is 11.5 Å². The van der Waals surface area contributed by atoms with Crippen LogP contribution in [0.2, 0.25) is 0 Å². The van der Waals surface area contributed by atoms with Crippen molar-refractivity contribution in [2.45, 2.75) is 38.7 Å². The van der Waals surface area contributed by atoms with E-state index in [9.17, 15) is 5.11 Å². The summed E-state index contributed by atoms with van der Waals surface area (Å²) < 4.78 is 11.6. The zero-order valence-corrected chi connectivity index (χ0v) is 11.2. The summed E-state index contributed by atoms with van der Waals surface area (Å²) in [6.45, 7) is 7.79. The van der Waals surface area contributed by atoms with Crippen LogP contribution in [-0.4, -0.2) is 18.3 Å². The first-order valence-electron chi connectivity index (χ1n) is 6.59. The largest absolute Gasteiger partial charge is 0.489 e. The van der Waals surface area contributed by atoms with Gasteiger partial charge in [-0.05, 0) is 35.1 Å². The number of hydrogen-bond donors (Lipinski definition) is 1. The molecule has 3 rings (SSSR count). The van der Waals surface area contributed by atoms with Crippen LogP contribution in [0.4, 0.5) is 0 Å². The van der Waals surface area contributed by atoms with E-state index in [1.165, 1.54) is 5.56 Å². The molecule has 2 unspecified atom stereocenters. The van der Waals surface area contributed by atoms with Crippen LogP contribution in [0.5, 0.6) is 11.5 Å². The van der Waals surface area contributed by atoms with E-state index >= 15 is 0 Å². The Morgan fingerprint density at radius 1 is 1.17 bits per heavy atom. The van der Waals surface area contributed by atoms with Crippen molar-refractivity contribution in [3.63, 3.8) is 0 Å². The van der Waals surface area contributed by atoms with Crippen LogP contribution in [0.15, 0.2) is 12.1 Å². The van der Waals surface area contributed by atoms with Gasteiger partial charge in [0.1, 0.15) is 0 Å². The molecule has 98 valence electrons. The zero-order chi connectivity index (χ0) is 12.9. The average Bonchev–Trinajstić information content (AvgIpc) is 2.47. The summed E-state index contributed by atoms with van der Waals surface area (Å²) in [4.78, 5) is 0. The average molecular weight is 248 g/mol. The van der Waals surface area contributed by atoms with Crippen LogP contribution in [-0.2, 0) is 5.41 Å². The van der Waals surface area contributed by atoms with Gasteiger partial charge in [0.15, 0.2) is 11.5 Å². The van der Waals surface area contributed by atoms with E-state index in [1.807, 2.05) is 6.07 Å². The fourth-order valence-electron chi connectivity index (χ4n) is 2.88. The van der Waals surface area contributed by atoms with E-state index < -0.39 is 0 Å². The van der Waals surface area contributed by atoms with E-state index in [0.29, 0.717) is 19.1 Å². The summed E-state index contributed by atoms with van der Waals surface area (Å²) >= 11 is 0. The van der Waals surface area contributed by atoms with E-state index in [1.54, 1.807) is 0 Å². The molecule has 0 amide bonds. The number of fused-ring (bicyclic) bond motifs is 2. The summed E-state index contributed by atoms with van der Waals surface area (Å²) in [6.07, 6.45) is 0.381. The Bertz CT molecular complexity index is 479. The van der Waals surface area contributed by atoms with Gasteiger partial charge in [-0.1, -0.05) is 20.8 Å². The van der Waals surface area contributed by atoms with Gasteiger partial charge < -0.3 is 14.6 Å². The van der Waals surface area contributed by atoms with Crippen LogP contribution in [0.1, 0.15) is 44.4 Å². The van der Waals surface area contributed by atoms with Gasteiger partial charge in [0.25, 0.3) is 0 Å². The molecule has 3 heteroatoms. The normalized spacial score (nSPS) is 28.7. The molecular formula is C15H20O3. The molecule has 0 fully saturated rings. The van der Waals surface area contributed by atoms with Gasteiger partial charge in [-0.15, -0.1) is 0 Å². The molecule has 0 saturated heterocycles. The topological polar surface area (TPSA) is 38.7 Å². The minimum absolute atomic E-state index is 0.00502. The SMILES string of the molecule is CC1COc2cc3c(cc2OC1)C(C)(C)CC3O. The molecule has 0 saturated carbocycles. The maximum Gasteiger partial charge on any atom is 0.161 e. The van der Waals surface area contributed by atoms with Gasteiger partial charge in [0.2, 0.25) is 0 Å². The van der Waals surface area contributed by atoms with Crippen molar-refractivity contribution in [1.29, 1.82) is 0 Å². The Balaban J connectivity index is 2.07. The highest BCUT2D eigenvalue weighted by Crippen LogP contribution is 2.48. The minimum atomic E-state index is -0.385. The highest BCUT2D eigenvalue weighted by atomic mass is 16.5. The maximum absolute atomic E-state index is 10.1. The lowest BCUT2D eigenvalue weighted by Crippen LogP contribution is -2.13. The number of benzene rings is 1. The molecule has 1 aliphatic carbocycles. The Labute approximate surface area is 108 Å². The molecule has 2 aliphatic rings. The van der Waals surface area contributed by atoms with E-state index in [2.05, 4.69) is 26.8 Å². The standard InChI is InChI=1S/C15H20O3/c1-9-7-17-13-4-10-11(5-14(13)18-8-9)15(2,3)6-12(10)16/h4-5,9,12,16H,6-8H2,1-3H3. The molecule has 2 atom stereocenters. The van der Waals surface area contributed by atoms with Crippen LogP contribution in [0, 0.1) is 5.92 Å². The third kappa shape index (κ3) is 1.77. The molecule has 18 heavy (non-hydrogen) atoms. The second kappa shape index (κ2) is 3.89. The second-order valence-corrected chi connectivity index (χ2v) is 6.22. The second-order valence-electron chi connectivity index (χ2n) is 6.22. The zero-order valence-electron chi connectivity index (χ0n) is 11.2. The summed E-state index contributed by atoms with van der Waals surface area (Å²) in [5.74, 6) is 1.99. The number of hydrogen-bond acceptors (Lipinski definition) is 3. The quantitative estimate of drug-likeness (QED) is 0.767. The van der Waals surface area contributed by atoms with Crippen LogP contribution in [0.3, 0.4) is 0 Å². The molecule has 1 aliphatic heterocycles. The molecule has 0 bridgehead atoms. The third-order valence-electron chi connectivity index (χ3n) is 3.95. The molecule has 0 spiro atoms. The van der Waals surface area contributed by atoms with Gasteiger partial charge in [-0.25, -0.2) is 0 Å². The first kappa shape index (κ1) is 11.8. The molecule has 0 radical (unpaired) electrons. The van der Waals surface area contributed by atoms with Crippen molar-refractivity contribution in [3.05, 3.63) is 23.3 Å². The van der Waals surface area contributed by atoms with Crippen molar-refractivity contribution in [1.82, 2.24) is 0 Å². The van der Waals surface area contributed by atoms with E-state index in [4.69, 9.17) is 9.47 Å². The lowest BCUT2D eigenvalue weighted by molar-refractivity contribution is 0.161. The molecule has 3 nitrogen and oxygen atoms in total. The smallest absolute Gasteiger partial charge is 0.161 e. The number of aliphatic hydroxyl groups excluding tert-OH is 1. The Kier molecular flexibility index (Phi) is 2.56. The number of rotatable bonds is 0. The lowest BCUT2D eigenvalue weighted by Gasteiger charge is -2.19. The summed E-state index contributed by atoms with van der Waals surface area (Å²) in [5, 5.41) is 10.1. The minimum Gasteiger partial charge on any atom is -0.489 e. The van der Waals surface area contributed by atoms with Gasteiger partial charge >= 0.3 is 0 Å². The molecule has 1 heterocycles. The predicted molar refractivity (Wildman–Crippen MR) is 69.2 cm³/mol. The summed E-state index contributed by atoms with van der Waals surface area (Å²) in [7, 11) is 0. The van der Waals surface area contributed by atoms with Crippen molar-refractivity contribution >= 4 is 0 Å². The summed E-state index contributed by atoms with van der Waals surface area (Å²) in [5.41, 5.74) is 2.19. The Morgan fingerprint density at radius 2 is 1.78 bits per heavy atom. The molecule has 1 aromatic carbocycles. The Hall–Kier alpha value is -1.22. The molecule has 1 aromatic rings. The summed E-state index contributed by atoms with van der Waals surface area (Å²) in [6, 6.07) is 4.01. The monoisotopic (exact) mass is 248 g/mol.